The number of pyridine rings is 1. The third kappa shape index (κ3) is 3.48. The molecule has 0 aromatic carbocycles. The van der Waals surface area contributed by atoms with Crippen molar-refractivity contribution in [1.29, 1.82) is 0 Å². The number of halogens is 1. The number of thiophene rings is 1. The van der Waals surface area contributed by atoms with E-state index in [1.807, 2.05) is 41.6 Å². The van der Waals surface area contributed by atoms with Crippen molar-refractivity contribution in [3.8, 4) is 0 Å². The molecule has 0 atom stereocenters. The van der Waals surface area contributed by atoms with Gasteiger partial charge in [-0.25, -0.2) is 0 Å². The zero-order valence-corrected chi connectivity index (χ0v) is 12.4. The lowest BCUT2D eigenvalue weighted by Gasteiger charge is -2.14. The highest BCUT2D eigenvalue weighted by atomic mass is 79.9. The van der Waals surface area contributed by atoms with Crippen molar-refractivity contribution in [2.45, 2.75) is 6.54 Å². The molecule has 0 aliphatic rings. The Morgan fingerprint density at radius 1 is 1.44 bits per heavy atom. The molecule has 0 N–H and O–H groups in total. The van der Waals surface area contributed by atoms with E-state index in [9.17, 15) is 4.79 Å². The number of carbonyl (C=O) groups excluding carboxylic acids is 1. The summed E-state index contributed by atoms with van der Waals surface area (Å²) in [5, 5.41) is 1.91. The van der Waals surface area contributed by atoms with Gasteiger partial charge in [0.2, 0.25) is 0 Å². The van der Waals surface area contributed by atoms with Crippen LogP contribution in [0.25, 0.3) is 0 Å². The molecule has 2 aromatic rings. The molecule has 2 heterocycles. The second-order valence-electron chi connectivity index (χ2n) is 4.01. The number of rotatable bonds is 5. The fraction of sp³-hybridized carbons (Fsp3) is 0.231. The lowest BCUT2D eigenvalue weighted by molar-refractivity contribution is 0.0946. The molecule has 18 heavy (non-hydrogen) atoms. The normalized spacial score (nSPS) is 10.8. The van der Waals surface area contributed by atoms with Crippen LogP contribution in [0, 0.1) is 0 Å². The topological polar surface area (TPSA) is 33.2 Å². The van der Waals surface area contributed by atoms with Crippen molar-refractivity contribution >= 4 is 33.0 Å². The predicted molar refractivity (Wildman–Crippen MR) is 76.9 cm³/mol. The van der Waals surface area contributed by atoms with Crippen LogP contribution in [0.5, 0.6) is 0 Å². The predicted octanol–water partition coefficient (Wildman–Crippen LogP) is 3.22. The first-order valence-electron chi connectivity index (χ1n) is 5.51. The third-order valence-electron chi connectivity index (χ3n) is 2.44. The standard InChI is InChI=1S/C13H13BrN2OS/c1-16(8-10-4-2-3-6-15-10)9-12(17)13-11(14)5-7-18-13/h2-7H,8-9H2,1H3. The van der Waals surface area contributed by atoms with Gasteiger partial charge in [-0.05, 0) is 46.6 Å². The number of Topliss-reactive ketones (excluding diaryl/α,β-unsaturated/α-hetero) is 1. The lowest BCUT2D eigenvalue weighted by Crippen LogP contribution is -2.25. The van der Waals surface area contributed by atoms with E-state index in [0.717, 1.165) is 15.0 Å². The van der Waals surface area contributed by atoms with E-state index in [-0.39, 0.29) is 5.78 Å². The van der Waals surface area contributed by atoms with E-state index < -0.39 is 0 Å². The third-order valence-corrected chi connectivity index (χ3v) is 4.32. The summed E-state index contributed by atoms with van der Waals surface area (Å²) < 4.78 is 0.878. The number of aromatic nitrogens is 1. The van der Waals surface area contributed by atoms with Gasteiger partial charge < -0.3 is 0 Å². The molecule has 2 aromatic heterocycles. The van der Waals surface area contributed by atoms with Crippen LogP contribution in [0.3, 0.4) is 0 Å². The molecule has 0 aliphatic heterocycles. The molecule has 0 fully saturated rings. The van der Waals surface area contributed by atoms with E-state index >= 15 is 0 Å². The summed E-state index contributed by atoms with van der Waals surface area (Å²) in [6, 6.07) is 7.70. The number of ketones is 1. The minimum Gasteiger partial charge on any atom is -0.293 e. The monoisotopic (exact) mass is 324 g/mol. The Kier molecular flexibility index (Phi) is 4.63. The molecule has 5 heteroatoms. The molecular weight excluding hydrogens is 312 g/mol. The Hall–Kier alpha value is -1.04. The summed E-state index contributed by atoms with van der Waals surface area (Å²) in [7, 11) is 1.92. The van der Waals surface area contributed by atoms with Crippen molar-refractivity contribution in [2.75, 3.05) is 13.6 Å². The molecule has 94 valence electrons. The van der Waals surface area contributed by atoms with Crippen molar-refractivity contribution < 1.29 is 4.79 Å². The average molecular weight is 325 g/mol. The maximum atomic E-state index is 12.0. The molecule has 0 spiro atoms. The van der Waals surface area contributed by atoms with Gasteiger partial charge >= 0.3 is 0 Å². The van der Waals surface area contributed by atoms with Gasteiger partial charge in [-0.1, -0.05) is 6.07 Å². The van der Waals surface area contributed by atoms with Crippen LogP contribution in [-0.2, 0) is 6.54 Å². The number of hydrogen-bond donors (Lipinski definition) is 0. The fourth-order valence-corrected chi connectivity index (χ4v) is 3.16. The number of likely N-dealkylation sites (N-methyl/N-ethyl adjacent to an activating group) is 1. The van der Waals surface area contributed by atoms with Gasteiger partial charge in [0.05, 0.1) is 17.1 Å². The number of nitrogens with zero attached hydrogens (tertiary/aromatic N) is 2. The zero-order valence-electron chi connectivity index (χ0n) is 9.97. The van der Waals surface area contributed by atoms with Gasteiger partial charge in [0.25, 0.3) is 0 Å². The highest BCUT2D eigenvalue weighted by molar-refractivity contribution is 9.10. The van der Waals surface area contributed by atoms with E-state index in [2.05, 4.69) is 20.9 Å². The highest BCUT2D eigenvalue weighted by Crippen LogP contribution is 2.23. The highest BCUT2D eigenvalue weighted by Gasteiger charge is 2.14. The Labute approximate surface area is 119 Å². The summed E-state index contributed by atoms with van der Waals surface area (Å²) in [5.74, 6) is 0.135. The van der Waals surface area contributed by atoms with Crippen LogP contribution in [0.4, 0.5) is 0 Å². The Morgan fingerprint density at radius 2 is 2.28 bits per heavy atom. The van der Waals surface area contributed by atoms with Crippen molar-refractivity contribution in [3.63, 3.8) is 0 Å². The summed E-state index contributed by atoms with van der Waals surface area (Å²) in [5.41, 5.74) is 0.970. The Morgan fingerprint density at radius 3 is 2.89 bits per heavy atom. The molecule has 2 rings (SSSR count). The van der Waals surface area contributed by atoms with Gasteiger partial charge in [-0.3, -0.25) is 14.7 Å². The molecule has 0 unspecified atom stereocenters. The van der Waals surface area contributed by atoms with Gasteiger partial charge in [0.15, 0.2) is 5.78 Å². The number of hydrogen-bond acceptors (Lipinski definition) is 4. The molecule has 0 radical (unpaired) electrons. The van der Waals surface area contributed by atoms with Gasteiger partial charge in [-0.2, -0.15) is 0 Å². The first-order valence-corrected chi connectivity index (χ1v) is 7.18. The molecule has 0 saturated heterocycles. The molecule has 0 saturated carbocycles. The largest absolute Gasteiger partial charge is 0.293 e. The van der Waals surface area contributed by atoms with Crippen LogP contribution in [0.1, 0.15) is 15.4 Å². The maximum Gasteiger partial charge on any atom is 0.187 e. The SMILES string of the molecule is CN(CC(=O)c1sccc1Br)Cc1ccccn1. The number of carbonyl (C=O) groups is 1. The van der Waals surface area contributed by atoms with Crippen LogP contribution < -0.4 is 0 Å². The van der Waals surface area contributed by atoms with Gasteiger partial charge in [-0.15, -0.1) is 11.3 Å². The zero-order chi connectivity index (χ0) is 13.0. The van der Waals surface area contributed by atoms with E-state index in [4.69, 9.17) is 0 Å². The van der Waals surface area contributed by atoms with Gasteiger partial charge in [0.1, 0.15) is 0 Å². The Bertz CT molecular complexity index is 527. The van der Waals surface area contributed by atoms with E-state index in [1.165, 1.54) is 11.3 Å². The van der Waals surface area contributed by atoms with Crippen molar-refractivity contribution in [2.24, 2.45) is 0 Å². The fourth-order valence-electron chi connectivity index (χ4n) is 1.63. The minimum absolute atomic E-state index is 0.135. The van der Waals surface area contributed by atoms with Crippen molar-refractivity contribution in [1.82, 2.24) is 9.88 Å². The summed E-state index contributed by atoms with van der Waals surface area (Å²) in [6.45, 7) is 1.07. The van der Waals surface area contributed by atoms with Crippen LogP contribution in [-0.4, -0.2) is 29.3 Å². The molecule has 0 amide bonds. The summed E-state index contributed by atoms with van der Waals surface area (Å²) in [6.07, 6.45) is 1.76. The summed E-state index contributed by atoms with van der Waals surface area (Å²) in [4.78, 5) is 19.0. The van der Waals surface area contributed by atoms with Crippen LogP contribution in [0.2, 0.25) is 0 Å². The second kappa shape index (κ2) is 6.22. The van der Waals surface area contributed by atoms with Gasteiger partial charge in [0, 0.05) is 17.2 Å². The van der Waals surface area contributed by atoms with E-state index in [0.29, 0.717) is 13.1 Å². The maximum absolute atomic E-state index is 12.0. The first kappa shape index (κ1) is 13.4. The quantitative estimate of drug-likeness (QED) is 0.792. The second-order valence-corrected chi connectivity index (χ2v) is 5.78. The minimum atomic E-state index is 0.135. The lowest BCUT2D eigenvalue weighted by atomic mass is 10.3. The Balaban J connectivity index is 1.94. The van der Waals surface area contributed by atoms with E-state index in [1.54, 1.807) is 6.20 Å². The van der Waals surface area contributed by atoms with Crippen LogP contribution in [0.15, 0.2) is 40.3 Å². The smallest absolute Gasteiger partial charge is 0.187 e. The molecule has 0 aliphatic carbocycles. The average Bonchev–Trinajstić information content (AvgIpc) is 2.76. The van der Waals surface area contributed by atoms with Crippen LogP contribution >= 0.6 is 27.3 Å². The van der Waals surface area contributed by atoms with Crippen molar-refractivity contribution in [3.05, 3.63) is 50.9 Å². The summed E-state index contributed by atoms with van der Waals surface area (Å²) >= 11 is 4.85. The molecular formula is C13H13BrN2OS. The molecule has 3 nitrogen and oxygen atoms in total. The molecule has 0 bridgehead atoms. The first-order chi connectivity index (χ1) is 8.66.